The Morgan fingerprint density at radius 1 is 1.21 bits per heavy atom. The van der Waals surface area contributed by atoms with E-state index >= 15 is 0 Å². The molecule has 3 aromatic rings. The number of fused-ring (bicyclic) bond motifs is 1. The largest absolute Gasteiger partial charge is 0.497 e. The maximum absolute atomic E-state index is 5.99. The molecule has 0 atom stereocenters. The standard InChI is InChI=1S/C18H22N4O2/c1-22(2)10-5-11-24-16-12-13(23-3)7-8-14(16)17-20-15-6-4-9-19-18(15)21-17/h4,6-9,12H,5,10-11H2,1-3H3,(H,19,20,21). The van der Waals surface area contributed by atoms with Gasteiger partial charge in [-0.3, -0.25) is 0 Å². The summed E-state index contributed by atoms with van der Waals surface area (Å²) in [6.45, 7) is 1.62. The highest BCUT2D eigenvalue weighted by Gasteiger charge is 2.13. The van der Waals surface area contributed by atoms with Crippen molar-refractivity contribution in [2.75, 3.05) is 34.4 Å². The van der Waals surface area contributed by atoms with Crippen LogP contribution < -0.4 is 9.47 Å². The van der Waals surface area contributed by atoms with Crippen molar-refractivity contribution in [2.24, 2.45) is 0 Å². The Bertz CT molecular complexity index is 781. The summed E-state index contributed by atoms with van der Waals surface area (Å²) >= 11 is 0. The SMILES string of the molecule is COc1ccc(-c2nc3ncccc3[nH]2)c(OCCCN(C)C)c1. The van der Waals surface area contributed by atoms with E-state index in [0.29, 0.717) is 12.3 Å². The number of methoxy groups -OCH3 is 1. The summed E-state index contributed by atoms with van der Waals surface area (Å²) in [4.78, 5) is 14.3. The lowest BCUT2D eigenvalue weighted by molar-refractivity contribution is 0.281. The van der Waals surface area contributed by atoms with Gasteiger partial charge in [0.25, 0.3) is 0 Å². The van der Waals surface area contributed by atoms with Gasteiger partial charge in [0.05, 0.1) is 24.8 Å². The number of hydrogen-bond acceptors (Lipinski definition) is 5. The number of aromatic amines is 1. The Labute approximate surface area is 141 Å². The lowest BCUT2D eigenvalue weighted by atomic mass is 10.2. The molecule has 0 aliphatic rings. The summed E-state index contributed by atoms with van der Waals surface area (Å²) in [6.07, 6.45) is 2.69. The Balaban J connectivity index is 1.88. The summed E-state index contributed by atoms with van der Waals surface area (Å²) in [7, 11) is 5.76. The van der Waals surface area contributed by atoms with Gasteiger partial charge >= 0.3 is 0 Å². The van der Waals surface area contributed by atoms with Gasteiger partial charge in [0.1, 0.15) is 17.3 Å². The van der Waals surface area contributed by atoms with Crippen LogP contribution in [0.4, 0.5) is 0 Å². The third-order valence-corrected chi connectivity index (χ3v) is 3.71. The Morgan fingerprint density at radius 3 is 2.83 bits per heavy atom. The Hall–Kier alpha value is -2.60. The lowest BCUT2D eigenvalue weighted by Crippen LogP contribution is -2.15. The van der Waals surface area contributed by atoms with Crippen LogP contribution in [0.5, 0.6) is 11.5 Å². The molecule has 0 aliphatic carbocycles. The second-order valence-electron chi connectivity index (χ2n) is 5.83. The molecule has 2 heterocycles. The van der Waals surface area contributed by atoms with Crippen LogP contribution in [0.15, 0.2) is 36.5 Å². The molecule has 0 bridgehead atoms. The highest BCUT2D eigenvalue weighted by atomic mass is 16.5. The molecule has 0 amide bonds. The smallest absolute Gasteiger partial charge is 0.178 e. The van der Waals surface area contributed by atoms with E-state index in [1.807, 2.05) is 30.3 Å². The second-order valence-corrected chi connectivity index (χ2v) is 5.83. The number of benzene rings is 1. The van der Waals surface area contributed by atoms with Crippen molar-refractivity contribution in [3.8, 4) is 22.9 Å². The minimum atomic E-state index is 0.636. The van der Waals surface area contributed by atoms with Gasteiger partial charge in [0, 0.05) is 18.8 Å². The van der Waals surface area contributed by atoms with Crippen molar-refractivity contribution in [1.29, 1.82) is 0 Å². The van der Waals surface area contributed by atoms with Crippen LogP contribution in [0.1, 0.15) is 6.42 Å². The van der Waals surface area contributed by atoms with E-state index in [-0.39, 0.29) is 0 Å². The molecule has 6 heteroatoms. The number of H-pyrrole nitrogens is 1. The van der Waals surface area contributed by atoms with Gasteiger partial charge in [-0.1, -0.05) is 0 Å². The van der Waals surface area contributed by atoms with Crippen LogP contribution in [0, 0.1) is 0 Å². The van der Waals surface area contributed by atoms with Crippen molar-refractivity contribution in [2.45, 2.75) is 6.42 Å². The first-order valence-electron chi connectivity index (χ1n) is 7.94. The van der Waals surface area contributed by atoms with Crippen LogP contribution >= 0.6 is 0 Å². The molecular weight excluding hydrogens is 304 g/mol. The third kappa shape index (κ3) is 3.65. The van der Waals surface area contributed by atoms with Crippen molar-refractivity contribution in [1.82, 2.24) is 19.9 Å². The topological polar surface area (TPSA) is 63.3 Å². The molecule has 0 saturated heterocycles. The predicted molar refractivity (Wildman–Crippen MR) is 94.5 cm³/mol. The van der Waals surface area contributed by atoms with E-state index in [4.69, 9.17) is 9.47 Å². The van der Waals surface area contributed by atoms with Crippen LogP contribution in [0.3, 0.4) is 0 Å². The van der Waals surface area contributed by atoms with Gasteiger partial charge in [0.15, 0.2) is 5.65 Å². The number of aromatic nitrogens is 3. The van der Waals surface area contributed by atoms with Gasteiger partial charge in [-0.05, 0) is 44.8 Å². The van der Waals surface area contributed by atoms with Gasteiger partial charge in [-0.25, -0.2) is 9.97 Å². The molecule has 3 rings (SSSR count). The van der Waals surface area contributed by atoms with Crippen LogP contribution in [0.25, 0.3) is 22.6 Å². The minimum absolute atomic E-state index is 0.636. The molecule has 6 nitrogen and oxygen atoms in total. The van der Waals surface area contributed by atoms with Gasteiger partial charge < -0.3 is 19.4 Å². The fourth-order valence-electron chi connectivity index (χ4n) is 2.48. The Morgan fingerprint density at radius 2 is 2.08 bits per heavy atom. The van der Waals surface area contributed by atoms with E-state index in [2.05, 4.69) is 33.9 Å². The van der Waals surface area contributed by atoms with Gasteiger partial charge in [0.2, 0.25) is 0 Å². The van der Waals surface area contributed by atoms with E-state index in [1.165, 1.54) is 0 Å². The molecule has 126 valence electrons. The third-order valence-electron chi connectivity index (χ3n) is 3.71. The van der Waals surface area contributed by atoms with Crippen LogP contribution in [-0.4, -0.2) is 54.2 Å². The molecule has 0 saturated carbocycles. The molecule has 0 unspecified atom stereocenters. The molecule has 0 radical (unpaired) electrons. The molecule has 24 heavy (non-hydrogen) atoms. The van der Waals surface area contributed by atoms with Crippen molar-refractivity contribution >= 4 is 11.2 Å². The molecule has 1 N–H and O–H groups in total. The number of rotatable bonds is 7. The van der Waals surface area contributed by atoms with Crippen LogP contribution in [0.2, 0.25) is 0 Å². The molecular formula is C18H22N4O2. The summed E-state index contributed by atoms with van der Waals surface area (Å²) < 4.78 is 11.3. The maximum atomic E-state index is 5.99. The first-order valence-corrected chi connectivity index (χ1v) is 7.94. The van der Waals surface area contributed by atoms with E-state index in [0.717, 1.165) is 41.4 Å². The first kappa shape index (κ1) is 16.3. The summed E-state index contributed by atoms with van der Waals surface area (Å²) in [5.74, 6) is 2.26. The predicted octanol–water partition coefficient (Wildman–Crippen LogP) is 2.96. The fourth-order valence-corrected chi connectivity index (χ4v) is 2.48. The molecule has 1 aromatic carbocycles. The normalized spacial score (nSPS) is 11.2. The summed E-state index contributed by atoms with van der Waals surface area (Å²) in [5, 5.41) is 0. The van der Waals surface area contributed by atoms with E-state index in [9.17, 15) is 0 Å². The molecule has 0 aliphatic heterocycles. The van der Waals surface area contributed by atoms with E-state index < -0.39 is 0 Å². The summed E-state index contributed by atoms with van der Waals surface area (Å²) in [6, 6.07) is 9.60. The zero-order valence-corrected chi connectivity index (χ0v) is 14.2. The molecule has 0 spiro atoms. The van der Waals surface area contributed by atoms with E-state index in [1.54, 1.807) is 13.3 Å². The highest BCUT2D eigenvalue weighted by molar-refractivity contribution is 5.77. The maximum Gasteiger partial charge on any atom is 0.178 e. The zero-order valence-electron chi connectivity index (χ0n) is 14.2. The average Bonchev–Trinajstić information content (AvgIpc) is 3.02. The zero-order chi connectivity index (χ0) is 16.9. The van der Waals surface area contributed by atoms with Crippen molar-refractivity contribution in [3.63, 3.8) is 0 Å². The first-order chi connectivity index (χ1) is 11.7. The number of ether oxygens (including phenoxy) is 2. The molecule has 2 aromatic heterocycles. The summed E-state index contributed by atoms with van der Waals surface area (Å²) in [5.41, 5.74) is 2.50. The lowest BCUT2D eigenvalue weighted by Gasteiger charge is -2.13. The second kappa shape index (κ2) is 7.31. The highest BCUT2D eigenvalue weighted by Crippen LogP contribution is 2.32. The fraction of sp³-hybridized carbons (Fsp3) is 0.333. The number of pyridine rings is 1. The Kier molecular flexibility index (Phi) is 4.96. The number of hydrogen-bond donors (Lipinski definition) is 1. The van der Waals surface area contributed by atoms with Crippen molar-refractivity contribution < 1.29 is 9.47 Å². The van der Waals surface area contributed by atoms with Gasteiger partial charge in [-0.2, -0.15) is 0 Å². The number of nitrogens with one attached hydrogen (secondary N) is 1. The average molecular weight is 326 g/mol. The molecule has 0 fully saturated rings. The number of imidazole rings is 1. The van der Waals surface area contributed by atoms with Crippen molar-refractivity contribution in [3.05, 3.63) is 36.5 Å². The van der Waals surface area contributed by atoms with Gasteiger partial charge in [-0.15, -0.1) is 0 Å². The van der Waals surface area contributed by atoms with Crippen LogP contribution in [-0.2, 0) is 0 Å². The quantitative estimate of drug-likeness (QED) is 0.676. The minimum Gasteiger partial charge on any atom is -0.497 e. The number of nitrogens with zero attached hydrogens (tertiary/aromatic N) is 3. The monoisotopic (exact) mass is 326 g/mol.